The maximum absolute atomic E-state index is 11.9. The van der Waals surface area contributed by atoms with Crippen LogP contribution < -0.4 is 5.32 Å². The average molecular weight is 344 g/mol. The summed E-state index contributed by atoms with van der Waals surface area (Å²) in [5, 5.41) is 13.0. The van der Waals surface area contributed by atoms with E-state index in [4.69, 9.17) is 0 Å². The molecule has 0 saturated carbocycles. The number of rotatable bonds is 4. The number of hydrogen-bond donors (Lipinski definition) is 2. The van der Waals surface area contributed by atoms with Gasteiger partial charge in [0.15, 0.2) is 0 Å². The normalized spacial score (nSPS) is 22.5. The summed E-state index contributed by atoms with van der Waals surface area (Å²) in [6.07, 6.45) is 1.12. The summed E-state index contributed by atoms with van der Waals surface area (Å²) in [4.78, 5) is 11.9. The molecular weight excluding hydrogens is 326 g/mol. The Morgan fingerprint density at radius 2 is 2.37 bits per heavy atom. The van der Waals surface area contributed by atoms with Crippen molar-refractivity contribution in [2.45, 2.75) is 25.4 Å². The molecule has 1 atom stereocenters. The fraction of sp³-hybridized carbons (Fsp3) is 0.500. The Morgan fingerprint density at radius 3 is 3.00 bits per heavy atom. The topological polar surface area (TPSA) is 49.3 Å². The smallest absolute Gasteiger partial charge is 0.224 e. The van der Waals surface area contributed by atoms with Gasteiger partial charge in [-0.25, -0.2) is 0 Å². The van der Waals surface area contributed by atoms with Crippen LogP contribution in [0.4, 0.5) is 0 Å². The highest BCUT2D eigenvalue weighted by Crippen LogP contribution is 2.27. The molecular formula is C14H18BrNO2S. The van der Waals surface area contributed by atoms with Crippen LogP contribution in [0.2, 0.25) is 0 Å². The molecule has 0 aliphatic carbocycles. The van der Waals surface area contributed by atoms with Crippen LogP contribution in [0.1, 0.15) is 17.5 Å². The van der Waals surface area contributed by atoms with E-state index in [-0.39, 0.29) is 5.91 Å². The van der Waals surface area contributed by atoms with Crippen molar-refractivity contribution >= 4 is 33.6 Å². The summed E-state index contributed by atoms with van der Waals surface area (Å²) in [6.45, 7) is 2.35. The summed E-state index contributed by atoms with van der Waals surface area (Å²) >= 11 is 5.14. The molecule has 1 fully saturated rings. The second-order valence-electron chi connectivity index (χ2n) is 5.05. The Kier molecular flexibility index (Phi) is 4.92. The Labute approximate surface area is 126 Å². The van der Waals surface area contributed by atoms with Crippen LogP contribution in [-0.2, 0) is 11.2 Å². The highest BCUT2D eigenvalue weighted by Gasteiger charge is 2.31. The molecule has 1 unspecified atom stereocenters. The van der Waals surface area contributed by atoms with Crippen molar-refractivity contribution in [3.8, 4) is 0 Å². The lowest BCUT2D eigenvalue weighted by atomic mass is 10.0. The lowest BCUT2D eigenvalue weighted by Crippen LogP contribution is -2.43. The molecule has 0 bridgehead atoms. The first kappa shape index (κ1) is 14.9. The number of amides is 1. The average Bonchev–Trinajstić information content (AvgIpc) is 2.78. The number of hydrogen-bond acceptors (Lipinski definition) is 3. The summed E-state index contributed by atoms with van der Waals surface area (Å²) in [5.41, 5.74) is 1.41. The molecule has 5 heteroatoms. The molecule has 0 radical (unpaired) electrons. The molecule has 1 aliphatic rings. The van der Waals surface area contributed by atoms with Crippen molar-refractivity contribution in [1.29, 1.82) is 0 Å². The summed E-state index contributed by atoms with van der Waals surface area (Å²) in [7, 11) is 0. The minimum Gasteiger partial charge on any atom is -0.387 e. The van der Waals surface area contributed by atoms with Crippen molar-refractivity contribution in [3.05, 3.63) is 33.8 Å². The molecule has 1 aromatic rings. The first-order chi connectivity index (χ1) is 8.98. The van der Waals surface area contributed by atoms with Crippen LogP contribution in [0.15, 0.2) is 22.7 Å². The van der Waals surface area contributed by atoms with Gasteiger partial charge in [-0.1, -0.05) is 22.0 Å². The van der Waals surface area contributed by atoms with Gasteiger partial charge < -0.3 is 10.4 Å². The maximum atomic E-state index is 11.9. The SMILES string of the molecule is Cc1cc(Br)ccc1CC(=O)NCC1(O)CCSC1. The highest BCUT2D eigenvalue weighted by molar-refractivity contribution is 9.10. The minimum absolute atomic E-state index is 0.0317. The number of benzene rings is 1. The minimum atomic E-state index is -0.713. The van der Waals surface area contributed by atoms with E-state index in [1.807, 2.05) is 25.1 Å². The van der Waals surface area contributed by atoms with Crippen LogP contribution in [0.3, 0.4) is 0 Å². The fourth-order valence-corrected chi connectivity index (χ4v) is 3.86. The zero-order valence-electron chi connectivity index (χ0n) is 10.9. The molecule has 19 heavy (non-hydrogen) atoms. The Morgan fingerprint density at radius 1 is 1.58 bits per heavy atom. The number of carbonyl (C=O) groups excluding carboxylic acids is 1. The number of nitrogens with one attached hydrogen (secondary N) is 1. The van der Waals surface area contributed by atoms with Gasteiger partial charge in [-0.2, -0.15) is 11.8 Å². The van der Waals surface area contributed by atoms with Gasteiger partial charge in [0.1, 0.15) is 0 Å². The summed E-state index contributed by atoms with van der Waals surface area (Å²) < 4.78 is 1.02. The van der Waals surface area contributed by atoms with Crippen molar-refractivity contribution < 1.29 is 9.90 Å². The number of carbonyl (C=O) groups is 1. The third-order valence-corrected chi connectivity index (χ3v) is 5.08. The molecule has 1 heterocycles. The monoisotopic (exact) mass is 343 g/mol. The largest absolute Gasteiger partial charge is 0.387 e. The van der Waals surface area contributed by atoms with Gasteiger partial charge in [0.2, 0.25) is 5.91 Å². The quantitative estimate of drug-likeness (QED) is 0.881. The first-order valence-electron chi connectivity index (χ1n) is 6.30. The lowest BCUT2D eigenvalue weighted by Gasteiger charge is -2.21. The van der Waals surface area contributed by atoms with E-state index >= 15 is 0 Å². The number of thioether (sulfide) groups is 1. The van der Waals surface area contributed by atoms with Crippen LogP contribution in [0, 0.1) is 6.92 Å². The van der Waals surface area contributed by atoms with Crippen LogP contribution in [-0.4, -0.2) is 34.7 Å². The van der Waals surface area contributed by atoms with Gasteiger partial charge in [-0.05, 0) is 42.4 Å². The van der Waals surface area contributed by atoms with Gasteiger partial charge in [0, 0.05) is 16.8 Å². The standard InChI is InChI=1S/C14H18BrNO2S/c1-10-6-12(15)3-2-11(10)7-13(17)16-8-14(18)4-5-19-9-14/h2-3,6,18H,4-5,7-9H2,1H3,(H,16,17). The van der Waals surface area contributed by atoms with E-state index in [1.54, 1.807) is 11.8 Å². The van der Waals surface area contributed by atoms with E-state index in [2.05, 4.69) is 21.2 Å². The molecule has 0 aromatic heterocycles. The fourth-order valence-electron chi connectivity index (χ4n) is 2.09. The molecule has 1 aliphatic heterocycles. The van der Waals surface area contributed by atoms with Gasteiger partial charge >= 0.3 is 0 Å². The van der Waals surface area contributed by atoms with Gasteiger partial charge in [-0.15, -0.1) is 0 Å². The van der Waals surface area contributed by atoms with Crippen molar-refractivity contribution in [2.24, 2.45) is 0 Å². The van der Waals surface area contributed by atoms with E-state index < -0.39 is 5.60 Å². The first-order valence-corrected chi connectivity index (χ1v) is 8.25. The third-order valence-electron chi connectivity index (χ3n) is 3.35. The summed E-state index contributed by atoms with van der Waals surface area (Å²) in [5.74, 6) is 1.65. The molecule has 0 spiro atoms. The Balaban J connectivity index is 1.87. The van der Waals surface area contributed by atoms with E-state index in [9.17, 15) is 9.90 Å². The summed E-state index contributed by atoms with van der Waals surface area (Å²) in [6, 6.07) is 5.90. The predicted octanol–water partition coefficient (Wildman–Crippen LogP) is 2.28. The van der Waals surface area contributed by atoms with Crippen LogP contribution in [0.5, 0.6) is 0 Å². The molecule has 2 N–H and O–H groups in total. The molecule has 1 saturated heterocycles. The predicted molar refractivity (Wildman–Crippen MR) is 82.5 cm³/mol. The Hall–Kier alpha value is -0.520. The number of aryl methyl sites for hydroxylation is 1. The van der Waals surface area contributed by atoms with Crippen molar-refractivity contribution in [3.63, 3.8) is 0 Å². The Bertz CT molecular complexity index is 473. The maximum Gasteiger partial charge on any atom is 0.224 e. The zero-order chi connectivity index (χ0) is 13.9. The van der Waals surface area contributed by atoms with E-state index in [0.29, 0.717) is 18.7 Å². The zero-order valence-corrected chi connectivity index (χ0v) is 13.3. The number of halogens is 1. The molecule has 104 valence electrons. The third kappa shape index (κ3) is 4.23. The van der Waals surface area contributed by atoms with Crippen molar-refractivity contribution in [1.82, 2.24) is 5.32 Å². The number of aliphatic hydroxyl groups is 1. The van der Waals surface area contributed by atoms with Gasteiger partial charge in [-0.3, -0.25) is 4.79 Å². The molecule has 3 nitrogen and oxygen atoms in total. The highest BCUT2D eigenvalue weighted by atomic mass is 79.9. The van der Waals surface area contributed by atoms with Gasteiger partial charge in [0.25, 0.3) is 0 Å². The van der Waals surface area contributed by atoms with E-state index in [0.717, 1.165) is 27.8 Å². The van der Waals surface area contributed by atoms with Crippen LogP contribution >= 0.6 is 27.7 Å². The second-order valence-corrected chi connectivity index (χ2v) is 7.07. The molecule has 2 rings (SSSR count). The van der Waals surface area contributed by atoms with Gasteiger partial charge in [0.05, 0.1) is 12.0 Å². The van der Waals surface area contributed by atoms with E-state index in [1.165, 1.54) is 0 Å². The molecule has 1 amide bonds. The van der Waals surface area contributed by atoms with Crippen LogP contribution in [0.25, 0.3) is 0 Å². The van der Waals surface area contributed by atoms with Crippen molar-refractivity contribution in [2.75, 3.05) is 18.1 Å². The lowest BCUT2D eigenvalue weighted by molar-refractivity contribution is -0.121. The second kappa shape index (κ2) is 6.29. The molecule has 1 aromatic carbocycles.